The topological polar surface area (TPSA) is 17.1 Å². The second-order valence-electron chi connectivity index (χ2n) is 4.40. The third kappa shape index (κ3) is 2.07. The van der Waals surface area contributed by atoms with Crippen LogP contribution in [0.1, 0.15) is 11.1 Å². The summed E-state index contributed by atoms with van der Waals surface area (Å²) >= 11 is 7.81. The number of rotatable bonds is 2. The van der Waals surface area contributed by atoms with E-state index in [0.29, 0.717) is 10.6 Å². The Morgan fingerprint density at radius 2 is 1.95 bits per heavy atom. The predicted molar refractivity (Wildman–Crippen MR) is 81.8 cm³/mol. The standard InChI is InChI=1S/C16H10ClOS/c1-10-4-2-3-5-12(10)14-9-19-16-13(14)6-11(8-18)7-15(16)17/h2-7,9H,1H3. The van der Waals surface area contributed by atoms with Crippen LogP contribution in [0, 0.1) is 6.92 Å². The van der Waals surface area contributed by atoms with Crippen LogP contribution in [-0.2, 0) is 4.79 Å². The van der Waals surface area contributed by atoms with Crippen molar-refractivity contribution >= 4 is 39.3 Å². The molecule has 0 saturated carbocycles. The Morgan fingerprint density at radius 1 is 1.16 bits per heavy atom. The molecule has 0 aliphatic carbocycles. The van der Waals surface area contributed by atoms with E-state index in [-0.39, 0.29) is 0 Å². The largest absolute Gasteiger partial charge is 0.285 e. The smallest absolute Gasteiger partial charge is 0.233 e. The Labute approximate surface area is 120 Å². The van der Waals surface area contributed by atoms with Crippen LogP contribution < -0.4 is 0 Å². The number of hydrogen-bond donors (Lipinski definition) is 0. The summed E-state index contributed by atoms with van der Waals surface area (Å²) in [4.78, 5) is 10.9. The van der Waals surface area contributed by atoms with Gasteiger partial charge in [-0.25, -0.2) is 0 Å². The molecule has 2 aromatic carbocycles. The van der Waals surface area contributed by atoms with Gasteiger partial charge in [-0.15, -0.1) is 11.3 Å². The summed E-state index contributed by atoms with van der Waals surface area (Å²) in [6, 6.07) is 11.7. The first kappa shape index (κ1) is 12.4. The van der Waals surface area contributed by atoms with Gasteiger partial charge in [0, 0.05) is 16.5 Å². The second kappa shape index (κ2) is 4.80. The molecule has 3 heteroatoms. The van der Waals surface area contributed by atoms with Gasteiger partial charge in [-0.05, 0) is 35.6 Å². The molecule has 1 heterocycles. The minimum absolute atomic E-state index is 0.491. The van der Waals surface area contributed by atoms with Crippen LogP contribution >= 0.6 is 22.9 Å². The molecule has 0 N–H and O–H groups in total. The molecule has 0 aliphatic rings. The van der Waals surface area contributed by atoms with Gasteiger partial charge >= 0.3 is 0 Å². The number of aryl methyl sites for hydroxylation is 1. The van der Waals surface area contributed by atoms with Crippen LogP contribution in [0.5, 0.6) is 0 Å². The number of carbonyl (C=O) groups excluding carboxylic acids is 1. The van der Waals surface area contributed by atoms with E-state index in [1.165, 1.54) is 11.1 Å². The zero-order valence-corrected chi connectivity index (χ0v) is 11.8. The van der Waals surface area contributed by atoms with Gasteiger partial charge in [0.2, 0.25) is 6.29 Å². The molecule has 0 fully saturated rings. The summed E-state index contributed by atoms with van der Waals surface area (Å²) in [6.07, 6.45) is 1.91. The Morgan fingerprint density at radius 3 is 2.68 bits per heavy atom. The van der Waals surface area contributed by atoms with E-state index < -0.39 is 0 Å². The predicted octanol–water partition coefficient (Wildman–Crippen LogP) is 4.99. The van der Waals surface area contributed by atoms with Crippen LogP contribution in [0.3, 0.4) is 0 Å². The highest BCUT2D eigenvalue weighted by Gasteiger charge is 2.12. The monoisotopic (exact) mass is 285 g/mol. The fourth-order valence-corrected chi connectivity index (χ4v) is 3.55. The van der Waals surface area contributed by atoms with E-state index >= 15 is 0 Å². The summed E-state index contributed by atoms with van der Waals surface area (Å²) in [5.74, 6) is 0. The average Bonchev–Trinajstić information content (AvgIpc) is 2.83. The van der Waals surface area contributed by atoms with Gasteiger partial charge in [-0.3, -0.25) is 4.79 Å². The minimum Gasteiger partial charge on any atom is -0.285 e. The Balaban J connectivity index is 2.34. The molecule has 3 aromatic rings. The van der Waals surface area contributed by atoms with Crippen LogP contribution in [0.25, 0.3) is 21.2 Å². The van der Waals surface area contributed by atoms with Crippen LogP contribution in [0.15, 0.2) is 41.8 Å². The number of thiophene rings is 1. The lowest BCUT2D eigenvalue weighted by molar-refractivity contribution is 0.563. The molecule has 0 bridgehead atoms. The lowest BCUT2D eigenvalue weighted by Crippen LogP contribution is -1.83. The van der Waals surface area contributed by atoms with Crippen LogP contribution in [0.2, 0.25) is 5.02 Å². The van der Waals surface area contributed by atoms with Crippen molar-refractivity contribution < 1.29 is 4.79 Å². The first-order valence-corrected chi connectivity index (χ1v) is 7.11. The van der Waals surface area contributed by atoms with Gasteiger partial charge in [-0.2, -0.15) is 0 Å². The van der Waals surface area contributed by atoms with Crippen molar-refractivity contribution in [1.29, 1.82) is 0 Å². The maximum absolute atomic E-state index is 10.9. The van der Waals surface area contributed by atoms with E-state index in [9.17, 15) is 4.79 Å². The summed E-state index contributed by atoms with van der Waals surface area (Å²) in [5, 5.41) is 3.72. The van der Waals surface area contributed by atoms with Crippen molar-refractivity contribution in [1.82, 2.24) is 0 Å². The van der Waals surface area contributed by atoms with E-state index in [0.717, 1.165) is 15.6 Å². The number of benzene rings is 2. The van der Waals surface area contributed by atoms with Gasteiger partial charge in [0.1, 0.15) is 0 Å². The van der Waals surface area contributed by atoms with E-state index in [1.807, 2.05) is 24.5 Å². The fraction of sp³-hybridized carbons (Fsp3) is 0.0625. The Hall–Kier alpha value is -1.64. The molecule has 0 aliphatic heterocycles. The minimum atomic E-state index is 0.491. The van der Waals surface area contributed by atoms with Gasteiger partial charge < -0.3 is 0 Å². The quantitative estimate of drug-likeness (QED) is 0.648. The molecule has 1 nitrogen and oxygen atoms in total. The molecular weight excluding hydrogens is 276 g/mol. The Bertz CT molecular complexity index is 774. The normalized spacial score (nSPS) is 10.8. The van der Waals surface area contributed by atoms with E-state index in [1.54, 1.807) is 17.4 Å². The summed E-state index contributed by atoms with van der Waals surface area (Å²) in [6.45, 7) is 2.08. The lowest BCUT2D eigenvalue weighted by atomic mass is 9.99. The molecule has 19 heavy (non-hydrogen) atoms. The molecule has 1 radical (unpaired) electrons. The zero-order chi connectivity index (χ0) is 13.4. The van der Waals surface area contributed by atoms with Crippen molar-refractivity contribution in [2.24, 2.45) is 0 Å². The molecule has 0 spiro atoms. The highest BCUT2D eigenvalue weighted by Crippen LogP contribution is 2.39. The van der Waals surface area contributed by atoms with Gasteiger partial charge in [0.25, 0.3) is 0 Å². The fourth-order valence-electron chi connectivity index (χ4n) is 2.24. The van der Waals surface area contributed by atoms with Gasteiger partial charge in [0.15, 0.2) is 0 Å². The molecular formula is C16H10ClOS. The first-order chi connectivity index (χ1) is 9.20. The summed E-state index contributed by atoms with van der Waals surface area (Å²) in [5.41, 5.74) is 3.99. The molecule has 0 atom stereocenters. The maximum Gasteiger partial charge on any atom is 0.233 e. The second-order valence-corrected chi connectivity index (χ2v) is 5.69. The molecule has 1 aromatic heterocycles. The number of halogens is 1. The van der Waals surface area contributed by atoms with Crippen LogP contribution in [0.4, 0.5) is 0 Å². The molecule has 0 amide bonds. The number of hydrogen-bond acceptors (Lipinski definition) is 2. The van der Waals surface area contributed by atoms with Crippen LogP contribution in [-0.4, -0.2) is 6.29 Å². The third-order valence-corrected chi connectivity index (χ3v) is 4.62. The highest BCUT2D eigenvalue weighted by molar-refractivity contribution is 7.18. The van der Waals surface area contributed by atoms with Crippen molar-refractivity contribution in [2.75, 3.05) is 0 Å². The first-order valence-electron chi connectivity index (χ1n) is 5.85. The molecule has 3 rings (SSSR count). The molecule has 93 valence electrons. The summed E-state index contributed by atoms with van der Waals surface area (Å²) in [7, 11) is 0. The van der Waals surface area contributed by atoms with Crippen molar-refractivity contribution in [3.8, 4) is 11.1 Å². The average molecular weight is 286 g/mol. The molecule has 0 saturated heterocycles. The van der Waals surface area contributed by atoms with Crippen molar-refractivity contribution in [3.05, 3.63) is 57.9 Å². The number of fused-ring (bicyclic) bond motifs is 1. The third-order valence-electron chi connectivity index (χ3n) is 3.18. The maximum atomic E-state index is 10.9. The van der Waals surface area contributed by atoms with E-state index in [2.05, 4.69) is 24.4 Å². The van der Waals surface area contributed by atoms with Gasteiger partial charge in [-0.1, -0.05) is 35.9 Å². The SMILES string of the molecule is Cc1ccccc1-c1csc2c(Cl)cc([C]=O)cc12. The van der Waals surface area contributed by atoms with Gasteiger partial charge in [0.05, 0.1) is 9.72 Å². The van der Waals surface area contributed by atoms with Crippen molar-refractivity contribution in [2.45, 2.75) is 6.92 Å². The summed E-state index contributed by atoms with van der Waals surface area (Å²) < 4.78 is 1.01. The Kier molecular flexibility index (Phi) is 3.13. The molecule has 0 unspecified atom stereocenters. The van der Waals surface area contributed by atoms with Crippen molar-refractivity contribution in [3.63, 3.8) is 0 Å². The van der Waals surface area contributed by atoms with E-state index in [4.69, 9.17) is 11.6 Å². The lowest BCUT2D eigenvalue weighted by Gasteiger charge is -2.05. The highest BCUT2D eigenvalue weighted by atomic mass is 35.5. The zero-order valence-electron chi connectivity index (χ0n) is 10.2.